The first-order chi connectivity index (χ1) is 10.4. The van der Waals surface area contributed by atoms with Gasteiger partial charge in [-0.2, -0.15) is 0 Å². The normalized spacial score (nSPS) is 15.6. The number of nitrogens with zero attached hydrogens (tertiary/aromatic N) is 1. The molecule has 0 aliphatic heterocycles. The first-order valence-electron chi connectivity index (χ1n) is 7.46. The lowest BCUT2D eigenvalue weighted by molar-refractivity contribution is -0.130. The van der Waals surface area contributed by atoms with Crippen molar-refractivity contribution in [1.29, 1.82) is 0 Å². The molecule has 2 rings (SSSR count). The molecular weight excluding hydrogens is 302 g/mol. The van der Waals surface area contributed by atoms with Crippen molar-refractivity contribution >= 4 is 34.8 Å². The molecule has 2 N–H and O–H groups in total. The summed E-state index contributed by atoms with van der Waals surface area (Å²) in [5, 5.41) is 6.15. The van der Waals surface area contributed by atoms with Gasteiger partial charge in [-0.1, -0.05) is 18.0 Å². The topological polar surface area (TPSA) is 61.4 Å². The Morgan fingerprint density at radius 1 is 1.32 bits per heavy atom. The standard InChI is InChI=1S/C16H22ClN3O2/c1-10(18-16(22)11-5-4-6-11)15(21)19-13-9-12(17)7-8-14(13)20(2)3/h7-11H,4-6H2,1-3H3,(H,18,22)(H,19,21). The van der Waals surface area contributed by atoms with Gasteiger partial charge in [0.2, 0.25) is 11.8 Å². The summed E-state index contributed by atoms with van der Waals surface area (Å²) in [6, 6.07) is 4.74. The van der Waals surface area contributed by atoms with Crippen molar-refractivity contribution in [1.82, 2.24) is 5.32 Å². The number of benzene rings is 1. The smallest absolute Gasteiger partial charge is 0.246 e. The number of halogens is 1. The molecule has 1 aliphatic carbocycles. The van der Waals surface area contributed by atoms with E-state index in [0.717, 1.165) is 24.9 Å². The predicted octanol–water partition coefficient (Wildman–Crippen LogP) is 2.65. The van der Waals surface area contributed by atoms with Crippen molar-refractivity contribution in [3.63, 3.8) is 0 Å². The van der Waals surface area contributed by atoms with E-state index in [1.165, 1.54) is 0 Å². The second-order valence-electron chi connectivity index (χ2n) is 5.90. The first-order valence-corrected chi connectivity index (χ1v) is 7.84. The van der Waals surface area contributed by atoms with Crippen molar-refractivity contribution in [3.8, 4) is 0 Å². The van der Waals surface area contributed by atoms with E-state index >= 15 is 0 Å². The molecule has 0 spiro atoms. The Labute approximate surface area is 136 Å². The average Bonchev–Trinajstić information content (AvgIpc) is 2.35. The van der Waals surface area contributed by atoms with Crippen molar-refractivity contribution in [3.05, 3.63) is 23.2 Å². The van der Waals surface area contributed by atoms with Gasteiger partial charge in [0.25, 0.3) is 0 Å². The van der Waals surface area contributed by atoms with Crippen LogP contribution in [0.25, 0.3) is 0 Å². The van der Waals surface area contributed by atoms with Crippen LogP contribution in [-0.2, 0) is 9.59 Å². The van der Waals surface area contributed by atoms with Gasteiger partial charge in [-0.3, -0.25) is 9.59 Å². The second-order valence-corrected chi connectivity index (χ2v) is 6.34. The molecule has 6 heteroatoms. The van der Waals surface area contributed by atoms with Crippen LogP contribution in [0.15, 0.2) is 18.2 Å². The molecule has 5 nitrogen and oxygen atoms in total. The highest BCUT2D eigenvalue weighted by molar-refractivity contribution is 6.31. The molecule has 1 unspecified atom stereocenters. The van der Waals surface area contributed by atoms with Gasteiger partial charge in [0.15, 0.2) is 0 Å². The van der Waals surface area contributed by atoms with Crippen LogP contribution in [0.1, 0.15) is 26.2 Å². The van der Waals surface area contributed by atoms with Gasteiger partial charge in [0.1, 0.15) is 6.04 Å². The number of hydrogen-bond donors (Lipinski definition) is 2. The maximum atomic E-state index is 12.3. The summed E-state index contributed by atoms with van der Waals surface area (Å²) in [4.78, 5) is 26.1. The van der Waals surface area contributed by atoms with E-state index in [9.17, 15) is 9.59 Å². The Kier molecular flexibility index (Phi) is 5.29. The molecule has 1 aliphatic rings. The van der Waals surface area contributed by atoms with Crippen LogP contribution in [-0.4, -0.2) is 32.0 Å². The minimum atomic E-state index is -0.581. The minimum absolute atomic E-state index is 0.0344. The molecule has 1 atom stereocenters. The third kappa shape index (κ3) is 3.91. The van der Waals surface area contributed by atoms with Crippen LogP contribution in [0.5, 0.6) is 0 Å². The molecule has 1 fully saturated rings. The molecule has 1 saturated carbocycles. The summed E-state index contributed by atoms with van der Waals surface area (Å²) in [5.41, 5.74) is 1.49. The molecule has 1 aromatic rings. The fourth-order valence-electron chi connectivity index (χ4n) is 2.31. The molecule has 0 bridgehead atoms. The Hall–Kier alpha value is -1.75. The van der Waals surface area contributed by atoms with Gasteiger partial charge >= 0.3 is 0 Å². The summed E-state index contributed by atoms with van der Waals surface area (Å²) in [6.07, 6.45) is 2.92. The largest absolute Gasteiger partial charge is 0.376 e. The molecular formula is C16H22ClN3O2. The lowest BCUT2D eigenvalue weighted by Gasteiger charge is -2.26. The summed E-state index contributed by atoms with van der Waals surface area (Å²) in [5.74, 6) is -0.218. The quantitative estimate of drug-likeness (QED) is 0.875. The SMILES string of the molecule is CC(NC(=O)C1CCC1)C(=O)Nc1cc(Cl)ccc1N(C)C. The fourth-order valence-corrected chi connectivity index (χ4v) is 2.48. The maximum absolute atomic E-state index is 12.3. The number of rotatable bonds is 5. The molecule has 1 aromatic carbocycles. The number of amides is 2. The average molecular weight is 324 g/mol. The van der Waals surface area contributed by atoms with Gasteiger partial charge in [-0.15, -0.1) is 0 Å². The number of hydrogen-bond acceptors (Lipinski definition) is 3. The van der Waals surface area contributed by atoms with Crippen LogP contribution in [0.2, 0.25) is 5.02 Å². The van der Waals surface area contributed by atoms with E-state index in [0.29, 0.717) is 10.7 Å². The minimum Gasteiger partial charge on any atom is -0.376 e. The molecule has 22 heavy (non-hydrogen) atoms. The van der Waals surface area contributed by atoms with Gasteiger partial charge in [0, 0.05) is 25.0 Å². The van der Waals surface area contributed by atoms with Crippen LogP contribution in [0, 0.1) is 5.92 Å². The zero-order chi connectivity index (χ0) is 16.3. The highest BCUT2D eigenvalue weighted by Crippen LogP contribution is 2.28. The molecule has 0 aromatic heterocycles. The summed E-state index contributed by atoms with van der Waals surface area (Å²) >= 11 is 6.00. The predicted molar refractivity (Wildman–Crippen MR) is 89.4 cm³/mol. The van der Waals surface area contributed by atoms with Crippen LogP contribution >= 0.6 is 11.6 Å². The molecule has 0 radical (unpaired) electrons. The molecule has 0 heterocycles. The summed E-state index contributed by atoms with van der Waals surface area (Å²) < 4.78 is 0. The van der Waals surface area contributed by atoms with E-state index in [4.69, 9.17) is 11.6 Å². The monoisotopic (exact) mass is 323 g/mol. The third-order valence-electron chi connectivity index (χ3n) is 3.93. The van der Waals surface area contributed by atoms with E-state index in [1.54, 1.807) is 19.1 Å². The molecule has 120 valence electrons. The Morgan fingerprint density at radius 3 is 2.55 bits per heavy atom. The third-order valence-corrected chi connectivity index (χ3v) is 4.16. The van der Waals surface area contributed by atoms with E-state index in [-0.39, 0.29) is 17.7 Å². The Bertz CT molecular complexity index is 571. The number of carbonyl (C=O) groups is 2. The van der Waals surface area contributed by atoms with Gasteiger partial charge in [-0.05, 0) is 38.0 Å². The van der Waals surface area contributed by atoms with Crippen LogP contribution in [0.4, 0.5) is 11.4 Å². The lowest BCUT2D eigenvalue weighted by Crippen LogP contribution is -2.45. The van der Waals surface area contributed by atoms with Crippen molar-refractivity contribution < 1.29 is 9.59 Å². The Balaban J connectivity index is 2.01. The van der Waals surface area contributed by atoms with Crippen molar-refractivity contribution in [2.45, 2.75) is 32.2 Å². The first kappa shape index (κ1) is 16.6. The molecule has 2 amide bonds. The zero-order valence-electron chi connectivity index (χ0n) is 13.1. The number of anilines is 2. The van der Waals surface area contributed by atoms with Crippen molar-refractivity contribution in [2.75, 3.05) is 24.3 Å². The Morgan fingerprint density at radius 2 is 2.00 bits per heavy atom. The van der Waals surface area contributed by atoms with E-state index in [1.807, 2.05) is 25.1 Å². The van der Waals surface area contributed by atoms with Crippen molar-refractivity contribution in [2.24, 2.45) is 5.92 Å². The zero-order valence-corrected chi connectivity index (χ0v) is 13.9. The van der Waals surface area contributed by atoms with Gasteiger partial charge in [0.05, 0.1) is 11.4 Å². The number of nitrogens with one attached hydrogen (secondary N) is 2. The van der Waals surface area contributed by atoms with Gasteiger partial charge < -0.3 is 15.5 Å². The summed E-state index contributed by atoms with van der Waals surface area (Å²) in [6.45, 7) is 1.69. The van der Waals surface area contributed by atoms with Crippen LogP contribution < -0.4 is 15.5 Å². The van der Waals surface area contributed by atoms with E-state index in [2.05, 4.69) is 10.6 Å². The lowest BCUT2D eigenvalue weighted by atomic mass is 9.84. The highest BCUT2D eigenvalue weighted by atomic mass is 35.5. The van der Waals surface area contributed by atoms with E-state index < -0.39 is 6.04 Å². The maximum Gasteiger partial charge on any atom is 0.246 e. The second kappa shape index (κ2) is 7.01. The van der Waals surface area contributed by atoms with Gasteiger partial charge in [-0.25, -0.2) is 0 Å². The summed E-state index contributed by atoms with van der Waals surface area (Å²) in [7, 11) is 3.78. The fraction of sp³-hybridized carbons (Fsp3) is 0.500. The highest BCUT2D eigenvalue weighted by Gasteiger charge is 2.27. The number of carbonyl (C=O) groups excluding carboxylic acids is 2. The van der Waals surface area contributed by atoms with Crippen LogP contribution in [0.3, 0.4) is 0 Å². The molecule has 0 saturated heterocycles.